The Labute approximate surface area is 199 Å². The normalized spacial score (nSPS) is 12.9. The summed E-state index contributed by atoms with van der Waals surface area (Å²) in [7, 11) is 0. The number of hydrogen-bond acceptors (Lipinski definition) is 4. The number of hydrogen-bond donors (Lipinski definition) is 3. The van der Waals surface area contributed by atoms with Gasteiger partial charge in [-0.1, -0.05) is 15.9 Å². The predicted octanol–water partition coefficient (Wildman–Crippen LogP) is 4.63. The van der Waals surface area contributed by atoms with Crippen molar-refractivity contribution in [3.05, 3.63) is 62.5 Å². The van der Waals surface area contributed by atoms with E-state index >= 15 is 0 Å². The van der Waals surface area contributed by atoms with Gasteiger partial charge in [-0.2, -0.15) is 0 Å². The number of benzene rings is 2. The first kappa shape index (κ1) is 23.2. The number of fused-ring (bicyclic) bond motifs is 3. The number of halogens is 1. The van der Waals surface area contributed by atoms with Crippen LogP contribution in [-0.4, -0.2) is 32.2 Å². The molecule has 0 atom stereocenters. The highest BCUT2D eigenvalue weighted by Crippen LogP contribution is 2.32. The second kappa shape index (κ2) is 9.89. The Balaban J connectivity index is 0.000000601. The Hall–Kier alpha value is -2.97. The first-order valence-corrected chi connectivity index (χ1v) is 11.9. The van der Waals surface area contributed by atoms with Gasteiger partial charge in [0, 0.05) is 40.6 Å². The summed E-state index contributed by atoms with van der Waals surface area (Å²) in [4.78, 5) is 29.9. The Morgan fingerprint density at radius 1 is 1.21 bits per heavy atom. The maximum Gasteiger partial charge on any atom is 0.300 e. The summed E-state index contributed by atoms with van der Waals surface area (Å²) < 4.78 is 3.15. The number of H-pyrrole nitrogens is 1. The lowest BCUT2D eigenvalue weighted by Gasteiger charge is -2.16. The minimum atomic E-state index is -0.833. The van der Waals surface area contributed by atoms with Crippen molar-refractivity contribution in [1.29, 1.82) is 0 Å². The lowest BCUT2D eigenvalue weighted by atomic mass is 9.91. The monoisotopic (exact) mass is 510 g/mol. The molecule has 8 heteroatoms. The molecule has 172 valence electrons. The van der Waals surface area contributed by atoms with Crippen molar-refractivity contribution >= 4 is 43.8 Å². The quantitative estimate of drug-likeness (QED) is 0.370. The molecule has 0 aliphatic heterocycles. The van der Waals surface area contributed by atoms with E-state index in [0.29, 0.717) is 12.2 Å². The van der Waals surface area contributed by atoms with Crippen molar-refractivity contribution in [1.82, 2.24) is 14.5 Å². The highest BCUT2D eigenvalue weighted by molar-refractivity contribution is 9.10. The van der Waals surface area contributed by atoms with Crippen molar-refractivity contribution in [2.45, 2.75) is 45.6 Å². The van der Waals surface area contributed by atoms with Crippen molar-refractivity contribution in [3.63, 3.8) is 0 Å². The number of aryl methyl sites for hydroxylation is 3. The smallest absolute Gasteiger partial charge is 0.300 e. The van der Waals surface area contributed by atoms with Crippen LogP contribution in [0.1, 0.15) is 37.3 Å². The number of carbonyl (C=O) groups is 1. The molecule has 0 saturated heterocycles. The molecule has 5 rings (SSSR count). The number of nitrogens with one attached hydrogen (secondary N) is 1. The minimum absolute atomic E-state index is 0.147. The van der Waals surface area contributed by atoms with Gasteiger partial charge in [0.2, 0.25) is 0 Å². The number of aromatic nitrogens is 3. The van der Waals surface area contributed by atoms with E-state index in [1.54, 1.807) is 0 Å². The van der Waals surface area contributed by atoms with E-state index in [1.165, 1.54) is 24.0 Å². The fourth-order valence-corrected chi connectivity index (χ4v) is 4.77. The molecular weight excluding hydrogens is 484 g/mol. The van der Waals surface area contributed by atoms with Crippen LogP contribution in [0.5, 0.6) is 0 Å². The van der Waals surface area contributed by atoms with Crippen LogP contribution in [-0.2, 0) is 24.2 Å². The van der Waals surface area contributed by atoms with Gasteiger partial charge in [0.15, 0.2) is 0 Å². The van der Waals surface area contributed by atoms with E-state index < -0.39 is 5.97 Å². The topological polar surface area (TPSA) is 114 Å². The molecule has 0 saturated carbocycles. The lowest BCUT2D eigenvalue weighted by molar-refractivity contribution is -0.134. The third-order valence-electron chi connectivity index (χ3n) is 5.86. The summed E-state index contributed by atoms with van der Waals surface area (Å²) in [5.74, 6) is -0.833. The van der Waals surface area contributed by atoms with E-state index in [2.05, 4.69) is 49.7 Å². The van der Waals surface area contributed by atoms with E-state index in [0.717, 1.165) is 64.7 Å². The summed E-state index contributed by atoms with van der Waals surface area (Å²) in [5.41, 5.74) is 12.4. The van der Waals surface area contributed by atoms with Crippen molar-refractivity contribution in [2.75, 3.05) is 6.54 Å². The fourth-order valence-electron chi connectivity index (χ4n) is 4.41. The van der Waals surface area contributed by atoms with Crippen LogP contribution in [0.4, 0.5) is 0 Å². The summed E-state index contributed by atoms with van der Waals surface area (Å²) in [6.45, 7) is 2.53. The SMILES string of the molecule is CC(=O)O.NCCCn1cc(-c2nc3cc4c(cc3[nH]c2=O)CCCC4)c2cc(Br)ccc21. The second-order valence-corrected chi connectivity index (χ2v) is 9.23. The molecule has 0 fully saturated rings. The molecule has 4 aromatic rings. The number of nitrogens with zero attached hydrogens (tertiary/aromatic N) is 2. The molecule has 0 unspecified atom stereocenters. The van der Waals surface area contributed by atoms with Gasteiger partial charge in [-0.05, 0) is 80.1 Å². The summed E-state index contributed by atoms with van der Waals surface area (Å²) >= 11 is 3.56. The first-order chi connectivity index (χ1) is 15.9. The van der Waals surface area contributed by atoms with Crippen LogP contribution in [0.2, 0.25) is 0 Å². The Kier molecular flexibility index (Phi) is 6.95. The Morgan fingerprint density at radius 3 is 2.61 bits per heavy atom. The van der Waals surface area contributed by atoms with Gasteiger partial charge in [0.25, 0.3) is 11.5 Å². The van der Waals surface area contributed by atoms with Crippen LogP contribution >= 0.6 is 15.9 Å². The predicted molar refractivity (Wildman–Crippen MR) is 135 cm³/mol. The average Bonchev–Trinajstić information content (AvgIpc) is 3.12. The third-order valence-corrected chi connectivity index (χ3v) is 6.35. The standard InChI is InChI=1S/C23H23BrN4O.C2H4O2/c24-16-6-7-21-17(12-16)18(13-28(21)9-3-8-25)22-23(29)27-20-11-15-5-2-1-4-14(15)10-19(20)26-22;1-2(3)4/h6-7,10-13H,1-5,8-9,25H2,(H,27,29);1H3,(H,3,4). The second-order valence-electron chi connectivity index (χ2n) is 8.32. The van der Waals surface area contributed by atoms with E-state index in [-0.39, 0.29) is 5.56 Å². The van der Waals surface area contributed by atoms with Crippen LogP contribution in [0.15, 0.2) is 45.8 Å². The zero-order chi connectivity index (χ0) is 23.5. The molecule has 2 aromatic heterocycles. The van der Waals surface area contributed by atoms with Gasteiger partial charge in [0.05, 0.1) is 11.0 Å². The van der Waals surface area contributed by atoms with Gasteiger partial charge < -0.3 is 20.4 Å². The summed E-state index contributed by atoms with van der Waals surface area (Å²) in [6.07, 6.45) is 7.52. The van der Waals surface area contributed by atoms with E-state index in [4.69, 9.17) is 20.6 Å². The average molecular weight is 511 g/mol. The highest BCUT2D eigenvalue weighted by atomic mass is 79.9. The lowest BCUT2D eigenvalue weighted by Crippen LogP contribution is -2.13. The highest BCUT2D eigenvalue weighted by Gasteiger charge is 2.17. The van der Waals surface area contributed by atoms with Crippen molar-refractivity contribution in [3.8, 4) is 11.3 Å². The summed E-state index contributed by atoms with van der Waals surface area (Å²) in [6, 6.07) is 10.4. The number of nitrogens with two attached hydrogens (primary N) is 1. The van der Waals surface area contributed by atoms with Crippen LogP contribution in [0.3, 0.4) is 0 Å². The largest absolute Gasteiger partial charge is 0.481 e. The zero-order valence-electron chi connectivity index (χ0n) is 18.5. The number of aromatic amines is 1. The van der Waals surface area contributed by atoms with Gasteiger partial charge in [-0.3, -0.25) is 9.59 Å². The molecule has 1 aliphatic carbocycles. The number of aliphatic carboxylic acids is 1. The molecule has 4 N–H and O–H groups in total. The van der Waals surface area contributed by atoms with Gasteiger partial charge in [0.1, 0.15) is 5.69 Å². The number of carboxylic acids is 1. The molecule has 0 bridgehead atoms. The molecule has 0 spiro atoms. The van der Waals surface area contributed by atoms with Crippen LogP contribution in [0.25, 0.3) is 33.2 Å². The molecule has 33 heavy (non-hydrogen) atoms. The maximum atomic E-state index is 13.0. The third kappa shape index (κ3) is 5.02. The molecular formula is C25H27BrN4O3. The summed E-state index contributed by atoms with van der Waals surface area (Å²) in [5, 5.41) is 8.44. The van der Waals surface area contributed by atoms with Crippen molar-refractivity contribution in [2.24, 2.45) is 5.73 Å². The number of carboxylic acid groups (broad SMARTS) is 1. The first-order valence-electron chi connectivity index (χ1n) is 11.1. The Morgan fingerprint density at radius 2 is 1.91 bits per heavy atom. The van der Waals surface area contributed by atoms with Gasteiger partial charge in [-0.25, -0.2) is 4.98 Å². The van der Waals surface area contributed by atoms with Gasteiger partial charge >= 0.3 is 0 Å². The van der Waals surface area contributed by atoms with Gasteiger partial charge in [-0.15, -0.1) is 0 Å². The van der Waals surface area contributed by atoms with E-state index in [1.807, 2.05) is 12.3 Å². The molecule has 1 aliphatic rings. The minimum Gasteiger partial charge on any atom is -0.481 e. The fraction of sp³-hybridized carbons (Fsp3) is 0.320. The maximum absolute atomic E-state index is 13.0. The molecule has 0 radical (unpaired) electrons. The van der Waals surface area contributed by atoms with Crippen LogP contribution in [0, 0.1) is 0 Å². The molecule has 7 nitrogen and oxygen atoms in total. The van der Waals surface area contributed by atoms with Crippen LogP contribution < -0.4 is 11.3 Å². The zero-order valence-corrected chi connectivity index (χ0v) is 20.1. The van der Waals surface area contributed by atoms with Crippen molar-refractivity contribution < 1.29 is 9.90 Å². The van der Waals surface area contributed by atoms with E-state index in [9.17, 15) is 4.79 Å². The Bertz CT molecular complexity index is 1390. The molecule has 2 heterocycles. The number of rotatable bonds is 4. The molecule has 2 aromatic carbocycles. The molecule has 0 amide bonds.